The molecule has 0 aliphatic heterocycles. The molecule has 1 aromatic carbocycles. The van der Waals surface area contributed by atoms with Gasteiger partial charge in [-0.15, -0.1) is 0 Å². The minimum atomic E-state index is 0.551. The minimum absolute atomic E-state index is 0.551. The van der Waals surface area contributed by atoms with Crippen LogP contribution in [0.3, 0.4) is 0 Å². The maximum Gasteiger partial charge on any atom is 0.191 e. The van der Waals surface area contributed by atoms with Crippen molar-refractivity contribution in [2.45, 2.75) is 53.6 Å². The summed E-state index contributed by atoms with van der Waals surface area (Å²) < 4.78 is 7.37. The van der Waals surface area contributed by atoms with Crippen LogP contribution in [0, 0.1) is 6.92 Å². The second-order valence-corrected chi connectivity index (χ2v) is 6.82. The molecule has 0 saturated carbocycles. The van der Waals surface area contributed by atoms with Gasteiger partial charge in [0.25, 0.3) is 0 Å². The summed E-state index contributed by atoms with van der Waals surface area (Å²) >= 11 is 0. The lowest BCUT2D eigenvalue weighted by atomic mass is 10.1. The molecule has 0 bridgehead atoms. The van der Waals surface area contributed by atoms with E-state index in [-0.39, 0.29) is 0 Å². The lowest BCUT2D eigenvalue weighted by molar-refractivity contribution is 0.380. The van der Waals surface area contributed by atoms with Crippen molar-refractivity contribution < 1.29 is 4.52 Å². The zero-order valence-electron chi connectivity index (χ0n) is 17.7. The van der Waals surface area contributed by atoms with E-state index in [2.05, 4.69) is 53.8 Å². The fourth-order valence-corrected chi connectivity index (χ4v) is 3.23. The highest BCUT2D eigenvalue weighted by molar-refractivity contribution is 5.79. The molecule has 2 aromatic heterocycles. The number of benzene rings is 1. The number of guanidine groups is 1. The van der Waals surface area contributed by atoms with Gasteiger partial charge >= 0.3 is 0 Å². The quantitative estimate of drug-likeness (QED) is 0.451. The molecule has 3 rings (SSSR count). The number of rotatable bonds is 8. The lowest BCUT2D eigenvalue weighted by Crippen LogP contribution is -2.37. The molecule has 7 nitrogen and oxygen atoms in total. The zero-order valence-corrected chi connectivity index (χ0v) is 17.7. The first-order chi connectivity index (χ1) is 14.2. The van der Waals surface area contributed by atoms with Crippen molar-refractivity contribution in [3.8, 4) is 5.69 Å². The van der Waals surface area contributed by atoms with Crippen LogP contribution in [0.4, 0.5) is 0 Å². The minimum Gasteiger partial charge on any atom is -0.361 e. The van der Waals surface area contributed by atoms with E-state index in [4.69, 9.17) is 9.52 Å². The number of aromatic nitrogens is 3. The van der Waals surface area contributed by atoms with Crippen LogP contribution in [-0.4, -0.2) is 27.4 Å². The van der Waals surface area contributed by atoms with Crippen molar-refractivity contribution in [3.63, 3.8) is 0 Å². The monoisotopic (exact) mass is 394 g/mol. The normalized spacial score (nSPS) is 11.7. The van der Waals surface area contributed by atoms with Gasteiger partial charge in [0.2, 0.25) is 0 Å². The lowest BCUT2D eigenvalue weighted by Gasteiger charge is -2.13. The molecular formula is C22H30N6O. The van der Waals surface area contributed by atoms with Gasteiger partial charge < -0.3 is 15.2 Å². The molecule has 154 valence electrons. The molecule has 0 saturated heterocycles. The Morgan fingerprint density at radius 3 is 2.62 bits per heavy atom. The average Bonchev–Trinajstić information content (AvgIpc) is 3.35. The van der Waals surface area contributed by atoms with Crippen LogP contribution >= 0.6 is 0 Å². The number of para-hydroxylation sites is 1. The fourth-order valence-electron chi connectivity index (χ4n) is 3.23. The van der Waals surface area contributed by atoms with Crippen LogP contribution in [0.1, 0.15) is 49.0 Å². The number of aliphatic imine (C=N–C) groups is 1. The molecule has 0 spiro atoms. The molecule has 2 N–H and O–H groups in total. The summed E-state index contributed by atoms with van der Waals surface area (Å²) in [6, 6.07) is 10.2. The largest absolute Gasteiger partial charge is 0.361 e. The van der Waals surface area contributed by atoms with E-state index >= 15 is 0 Å². The standard InChI is InChI=1S/C22H30N6O/c1-5-19-18(21(6-2)29-27-19)15-25-22(23-7-3)24-14-17-10-8-9-11-20(17)28-13-12-16(4)26-28/h8-13H,5-7,14-15H2,1-4H3,(H2,23,24,25). The maximum atomic E-state index is 5.46. The first-order valence-corrected chi connectivity index (χ1v) is 10.2. The Labute approximate surface area is 172 Å². The number of nitrogens with zero attached hydrogens (tertiary/aromatic N) is 4. The van der Waals surface area contributed by atoms with E-state index in [1.807, 2.05) is 36.0 Å². The van der Waals surface area contributed by atoms with Gasteiger partial charge in [0.1, 0.15) is 5.76 Å². The fraction of sp³-hybridized carbons (Fsp3) is 0.409. The van der Waals surface area contributed by atoms with Gasteiger partial charge in [-0.3, -0.25) is 0 Å². The molecule has 0 aliphatic carbocycles. The molecule has 0 radical (unpaired) electrons. The zero-order chi connectivity index (χ0) is 20.6. The first-order valence-electron chi connectivity index (χ1n) is 10.2. The van der Waals surface area contributed by atoms with Crippen molar-refractivity contribution in [1.29, 1.82) is 0 Å². The van der Waals surface area contributed by atoms with Gasteiger partial charge in [-0.05, 0) is 38.0 Å². The Hall–Kier alpha value is -3.09. The SMILES string of the molecule is CCNC(=NCc1ccccc1-n1ccc(C)n1)NCc1c(CC)noc1CC. The summed E-state index contributed by atoms with van der Waals surface area (Å²) in [5, 5.41) is 15.5. The Kier molecular flexibility index (Phi) is 7.05. The van der Waals surface area contributed by atoms with Gasteiger partial charge in [0.15, 0.2) is 5.96 Å². The van der Waals surface area contributed by atoms with E-state index in [1.165, 1.54) is 0 Å². The van der Waals surface area contributed by atoms with Crippen LogP contribution in [0.15, 0.2) is 46.0 Å². The highest BCUT2D eigenvalue weighted by atomic mass is 16.5. The van der Waals surface area contributed by atoms with Gasteiger partial charge in [0, 0.05) is 31.3 Å². The predicted octanol–water partition coefficient (Wildman–Crippen LogP) is 3.55. The summed E-state index contributed by atoms with van der Waals surface area (Å²) in [5.41, 5.74) is 5.28. The molecular weight excluding hydrogens is 364 g/mol. The molecule has 0 amide bonds. The Morgan fingerprint density at radius 2 is 1.93 bits per heavy atom. The molecule has 0 fully saturated rings. The van der Waals surface area contributed by atoms with Crippen molar-refractivity contribution >= 4 is 5.96 Å². The molecule has 29 heavy (non-hydrogen) atoms. The van der Waals surface area contributed by atoms with Crippen LogP contribution in [0.5, 0.6) is 0 Å². The Balaban J connectivity index is 1.76. The summed E-state index contributed by atoms with van der Waals surface area (Å²) in [5.74, 6) is 1.70. The third-order valence-electron chi connectivity index (χ3n) is 4.75. The molecule has 2 heterocycles. The van der Waals surface area contributed by atoms with Gasteiger partial charge in [-0.25, -0.2) is 9.67 Å². The molecule has 0 aliphatic rings. The van der Waals surface area contributed by atoms with Gasteiger partial charge in [-0.1, -0.05) is 37.2 Å². The number of aryl methyl sites for hydroxylation is 3. The van der Waals surface area contributed by atoms with Crippen LogP contribution in [0.2, 0.25) is 0 Å². The summed E-state index contributed by atoms with van der Waals surface area (Å²) in [6.07, 6.45) is 3.66. The second kappa shape index (κ2) is 9.91. The number of nitrogens with one attached hydrogen (secondary N) is 2. The Bertz CT molecular complexity index is 934. The van der Waals surface area contributed by atoms with E-state index in [1.54, 1.807) is 0 Å². The second-order valence-electron chi connectivity index (χ2n) is 6.82. The molecule has 0 unspecified atom stereocenters. The van der Waals surface area contributed by atoms with Crippen molar-refractivity contribution in [3.05, 3.63) is 64.8 Å². The topological polar surface area (TPSA) is 80.3 Å². The van der Waals surface area contributed by atoms with Crippen molar-refractivity contribution in [2.24, 2.45) is 4.99 Å². The van der Waals surface area contributed by atoms with Crippen molar-refractivity contribution in [1.82, 2.24) is 25.6 Å². The van der Waals surface area contributed by atoms with E-state index in [0.29, 0.717) is 13.1 Å². The number of hydrogen-bond donors (Lipinski definition) is 2. The van der Waals surface area contributed by atoms with Crippen LogP contribution < -0.4 is 10.6 Å². The summed E-state index contributed by atoms with van der Waals surface area (Å²) in [7, 11) is 0. The van der Waals surface area contributed by atoms with Gasteiger partial charge in [-0.2, -0.15) is 5.10 Å². The highest BCUT2D eigenvalue weighted by Gasteiger charge is 2.13. The van der Waals surface area contributed by atoms with Crippen LogP contribution in [-0.2, 0) is 25.9 Å². The summed E-state index contributed by atoms with van der Waals surface area (Å²) in [6.45, 7) is 10.2. The molecule has 7 heteroatoms. The van der Waals surface area contributed by atoms with Crippen molar-refractivity contribution in [2.75, 3.05) is 6.54 Å². The molecule has 3 aromatic rings. The van der Waals surface area contributed by atoms with E-state index < -0.39 is 0 Å². The third-order valence-corrected chi connectivity index (χ3v) is 4.75. The first kappa shape index (κ1) is 20.6. The van der Waals surface area contributed by atoms with E-state index in [0.717, 1.165) is 59.3 Å². The molecule has 0 atom stereocenters. The van der Waals surface area contributed by atoms with Gasteiger partial charge in [0.05, 0.1) is 23.6 Å². The Morgan fingerprint density at radius 1 is 1.10 bits per heavy atom. The maximum absolute atomic E-state index is 5.46. The number of hydrogen-bond acceptors (Lipinski definition) is 4. The van der Waals surface area contributed by atoms with Crippen LogP contribution in [0.25, 0.3) is 5.69 Å². The van der Waals surface area contributed by atoms with E-state index in [9.17, 15) is 0 Å². The third kappa shape index (κ3) is 5.04. The smallest absolute Gasteiger partial charge is 0.191 e. The predicted molar refractivity (Wildman–Crippen MR) is 115 cm³/mol. The highest BCUT2D eigenvalue weighted by Crippen LogP contribution is 2.16. The average molecular weight is 395 g/mol. The summed E-state index contributed by atoms with van der Waals surface area (Å²) in [4.78, 5) is 4.79.